The van der Waals surface area contributed by atoms with Crippen LogP contribution in [0.3, 0.4) is 0 Å². The van der Waals surface area contributed by atoms with Gasteiger partial charge in [-0.05, 0) is 62.1 Å². The molecule has 1 aliphatic carbocycles. The zero-order valence-electron chi connectivity index (χ0n) is 12.1. The van der Waals surface area contributed by atoms with Crippen LogP contribution in [-0.4, -0.2) is 19.5 Å². The number of aromatic nitrogens is 1. The highest BCUT2D eigenvalue weighted by atomic mass is 32.2. The highest BCUT2D eigenvalue weighted by Gasteiger charge is 2.18. The van der Waals surface area contributed by atoms with Crippen molar-refractivity contribution in [3.63, 3.8) is 0 Å². The molecular formula is C16H18N2O3S. The molecule has 1 heterocycles. The van der Waals surface area contributed by atoms with Crippen molar-refractivity contribution < 1.29 is 13.2 Å². The summed E-state index contributed by atoms with van der Waals surface area (Å²) in [6.45, 7) is 0. The molecule has 0 aliphatic heterocycles. The predicted molar refractivity (Wildman–Crippen MR) is 84.4 cm³/mol. The van der Waals surface area contributed by atoms with Gasteiger partial charge in [-0.25, -0.2) is 13.4 Å². The summed E-state index contributed by atoms with van der Waals surface area (Å²) in [5.41, 5.74) is 0. The topological polar surface area (TPSA) is 68.3 Å². The zero-order valence-corrected chi connectivity index (χ0v) is 12.9. The van der Waals surface area contributed by atoms with Crippen LogP contribution in [0.4, 0.5) is 5.82 Å². The summed E-state index contributed by atoms with van der Waals surface area (Å²) >= 11 is 0. The molecule has 1 aromatic heterocycles. The van der Waals surface area contributed by atoms with Crippen molar-refractivity contribution in [2.24, 2.45) is 0 Å². The van der Waals surface area contributed by atoms with Gasteiger partial charge in [-0.3, -0.25) is 4.72 Å². The molecule has 0 bridgehead atoms. The first-order valence-corrected chi connectivity index (χ1v) is 8.82. The van der Waals surface area contributed by atoms with Crippen molar-refractivity contribution in [2.75, 3.05) is 4.72 Å². The van der Waals surface area contributed by atoms with Crippen LogP contribution in [0.2, 0.25) is 0 Å². The molecule has 22 heavy (non-hydrogen) atoms. The van der Waals surface area contributed by atoms with E-state index in [0.717, 1.165) is 12.8 Å². The summed E-state index contributed by atoms with van der Waals surface area (Å²) in [6.07, 6.45) is 6.34. The second-order valence-corrected chi connectivity index (χ2v) is 7.00. The van der Waals surface area contributed by atoms with Gasteiger partial charge in [0.15, 0.2) is 0 Å². The molecule has 1 saturated carbocycles. The molecule has 1 N–H and O–H groups in total. The first kappa shape index (κ1) is 14.8. The SMILES string of the molecule is O=S(=O)(Nc1ccccn1)c1ccc(OC2CCCC2)cc1. The van der Waals surface area contributed by atoms with Crippen LogP contribution in [0.5, 0.6) is 5.75 Å². The van der Waals surface area contributed by atoms with Gasteiger partial charge in [-0.2, -0.15) is 0 Å². The number of hydrogen-bond acceptors (Lipinski definition) is 4. The molecule has 2 aromatic rings. The molecule has 1 aliphatic rings. The molecular weight excluding hydrogens is 300 g/mol. The molecule has 1 fully saturated rings. The second-order valence-electron chi connectivity index (χ2n) is 5.32. The van der Waals surface area contributed by atoms with Crippen molar-refractivity contribution in [2.45, 2.75) is 36.7 Å². The lowest BCUT2D eigenvalue weighted by atomic mass is 10.3. The van der Waals surface area contributed by atoms with Gasteiger partial charge in [0.25, 0.3) is 10.0 Å². The van der Waals surface area contributed by atoms with Crippen LogP contribution >= 0.6 is 0 Å². The number of nitrogens with one attached hydrogen (secondary N) is 1. The lowest BCUT2D eigenvalue weighted by molar-refractivity contribution is 0.210. The fraction of sp³-hybridized carbons (Fsp3) is 0.312. The summed E-state index contributed by atoms with van der Waals surface area (Å²) in [7, 11) is -3.63. The molecule has 0 atom stereocenters. The van der Waals surface area contributed by atoms with Crippen molar-refractivity contribution >= 4 is 15.8 Å². The van der Waals surface area contributed by atoms with E-state index in [0.29, 0.717) is 11.6 Å². The molecule has 116 valence electrons. The predicted octanol–water partition coefficient (Wildman–Crippen LogP) is 3.20. The Morgan fingerprint density at radius 3 is 2.41 bits per heavy atom. The third-order valence-electron chi connectivity index (χ3n) is 3.64. The number of benzene rings is 1. The molecule has 1 aromatic carbocycles. The molecule has 5 nitrogen and oxygen atoms in total. The number of pyridine rings is 1. The smallest absolute Gasteiger partial charge is 0.263 e. The Hall–Kier alpha value is -2.08. The normalized spacial score (nSPS) is 15.6. The Labute approximate surface area is 130 Å². The van der Waals surface area contributed by atoms with E-state index in [9.17, 15) is 8.42 Å². The number of hydrogen-bond donors (Lipinski definition) is 1. The minimum Gasteiger partial charge on any atom is -0.490 e. The van der Waals surface area contributed by atoms with Crippen molar-refractivity contribution in [1.82, 2.24) is 4.98 Å². The monoisotopic (exact) mass is 318 g/mol. The average molecular weight is 318 g/mol. The lowest BCUT2D eigenvalue weighted by Crippen LogP contribution is -2.14. The minimum absolute atomic E-state index is 0.192. The summed E-state index contributed by atoms with van der Waals surface area (Å²) in [6, 6.07) is 11.6. The molecule has 0 amide bonds. The summed E-state index contributed by atoms with van der Waals surface area (Å²) in [5, 5.41) is 0. The quantitative estimate of drug-likeness (QED) is 0.919. The molecule has 0 radical (unpaired) electrons. The van der Waals surface area contributed by atoms with Gasteiger partial charge in [0.05, 0.1) is 11.0 Å². The van der Waals surface area contributed by atoms with Crippen LogP contribution in [0, 0.1) is 0 Å². The van der Waals surface area contributed by atoms with Crippen LogP contribution in [0.25, 0.3) is 0 Å². The van der Waals surface area contributed by atoms with Gasteiger partial charge in [0.2, 0.25) is 0 Å². The second kappa shape index (κ2) is 6.36. The molecule has 0 saturated heterocycles. The Kier molecular flexibility index (Phi) is 4.29. The van der Waals surface area contributed by atoms with Crippen LogP contribution < -0.4 is 9.46 Å². The Bertz CT molecular complexity index is 709. The maximum absolute atomic E-state index is 12.3. The van der Waals surface area contributed by atoms with E-state index in [4.69, 9.17) is 4.74 Å². The first-order chi connectivity index (χ1) is 10.6. The molecule has 3 rings (SSSR count). The van der Waals surface area contributed by atoms with E-state index < -0.39 is 10.0 Å². The maximum atomic E-state index is 12.3. The van der Waals surface area contributed by atoms with E-state index in [2.05, 4.69) is 9.71 Å². The van der Waals surface area contributed by atoms with Crippen molar-refractivity contribution in [1.29, 1.82) is 0 Å². The maximum Gasteiger partial charge on any atom is 0.263 e. The van der Waals surface area contributed by atoms with E-state index in [1.165, 1.54) is 19.0 Å². The summed E-state index contributed by atoms with van der Waals surface area (Å²) in [4.78, 5) is 4.15. The van der Waals surface area contributed by atoms with Gasteiger partial charge in [0.1, 0.15) is 11.6 Å². The first-order valence-electron chi connectivity index (χ1n) is 7.34. The largest absolute Gasteiger partial charge is 0.490 e. The highest BCUT2D eigenvalue weighted by molar-refractivity contribution is 7.92. The standard InChI is InChI=1S/C16H18N2O3S/c19-22(20,18-16-7-3-4-12-17-16)15-10-8-14(9-11-15)21-13-5-1-2-6-13/h3-4,7-13H,1-2,5-6H2,(H,17,18). The van der Waals surface area contributed by atoms with E-state index in [1.54, 1.807) is 42.5 Å². The van der Waals surface area contributed by atoms with Gasteiger partial charge in [-0.1, -0.05) is 6.07 Å². The Morgan fingerprint density at radius 1 is 1.05 bits per heavy atom. The van der Waals surface area contributed by atoms with Crippen molar-refractivity contribution in [3.05, 3.63) is 48.7 Å². The minimum atomic E-state index is -3.63. The van der Waals surface area contributed by atoms with Crippen molar-refractivity contribution in [3.8, 4) is 5.75 Å². The number of rotatable bonds is 5. The molecule has 0 spiro atoms. The number of ether oxygens (including phenoxy) is 1. The lowest BCUT2D eigenvalue weighted by Gasteiger charge is -2.13. The van der Waals surface area contributed by atoms with Crippen LogP contribution in [0.15, 0.2) is 53.6 Å². The Balaban J connectivity index is 1.71. The van der Waals surface area contributed by atoms with Gasteiger partial charge in [0, 0.05) is 6.20 Å². The number of sulfonamides is 1. The van der Waals surface area contributed by atoms with Crippen LogP contribution in [0.1, 0.15) is 25.7 Å². The third kappa shape index (κ3) is 3.57. The molecule has 0 unspecified atom stereocenters. The average Bonchev–Trinajstić information content (AvgIpc) is 3.01. The Morgan fingerprint density at radius 2 is 1.77 bits per heavy atom. The van der Waals surface area contributed by atoms with Gasteiger partial charge >= 0.3 is 0 Å². The summed E-state index contributed by atoms with van der Waals surface area (Å²) < 4.78 is 32.8. The molecule has 6 heteroatoms. The van der Waals surface area contributed by atoms with Crippen LogP contribution in [-0.2, 0) is 10.0 Å². The fourth-order valence-electron chi connectivity index (χ4n) is 2.52. The van der Waals surface area contributed by atoms with E-state index in [-0.39, 0.29) is 11.0 Å². The zero-order chi connectivity index (χ0) is 15.4. The van der Waals surface area contributed by atoms with E-state index >= 15 is 0 Å². The van der Waals surface area contributed by atoms with E-state index in [1.807, 2.05) is 0 Å². The fourth-order valence-corrected chi connectivity index (χ4v) is 3.52. The third-order valence-corrected chi connectivity index (χ3v) is 5.01. The summed E-state index contributed by atoms with van der Waals surface area (Å²) in [5.74, 6) is 1.01. The van der Waals surface area contributed by atoms with Gasteiger partial charge in [-0.15, -0.1) is 0 Å². The number of anilines is 1. The number of nitrogens with zero attached hydrogens (tertiary/aromatic N) is 1. The highest BCUT2D eigenvalue weighted by Crippen LogP contribution is 2.25. The van der Waals surface area contributed by atoms with Gasteiger partial charge < -0.3 is 4.74 Å².